The zero-order valence-electron chi connectivity index (χ0n) is 55.1. The van der Waals surface area contributed by atoms with E-state index in [0.717, 1.165) is 55.4 Å². The first-order valence-electron chi connectivity index (χ1n) is 30.5. The largest absolute Gasteiger partial charge is 0.510 e. The Morgan fingerprint density at radius 2 is 1.09 bits per heavy atom. The van der Waals surface area contributed by atoms with Gasteiger partial charge in [0.1, 0.15) is 5.82 Å². The summed E-state index contributed by atoms with van der Waals surface area (Å²) in [7, 11) is 0. The molecule has 384 valence electrons. The standard InChI is InChI=1S/C70H66N4O.Pt/c1-67(2,3)50-34-35-71-65(42-50)74-61-29-20-19-28-57(61)58-32-31-56(44-63(58)74)75-55-27-21-26-54(43-55)72-45-73(62-33-30-48(38-64(62)72)49-36-51(68(4,5)6)39-52(37-49)69(7,8)9)66-59(46-22-15-13-16-23-46)40-53(70(10,11)12)41-60(66)47-24-17-14-18-25-47;/h13-42H,1-12H3;/q-2;/i13D,14D,15D,16D,17D,18D,22D,23D,24D,25D;. The maximum Gasteiger partial charge on any atom is 0.268 e. The average molecular weight is 1180 g/mol. The molecule has 0 bridgehead atoms. The summed E-state index contributed by atoms with van der Waals surface area (Å²) in [6.07, 6.45) is 5.44. The molecule has 8 aromatic carbocycles. The molecule has 11 aromatic rings. The molecule has 0 N–H and O–H groups in total. The van der Waals surface area contributed by atoms with Crippen LogP contribution in [0.25, 0.3) is 83.4 Å². The van der Waals surface area contributed by atoms with Gasteiger partial charge in [0.2, 0.25) is 0 Å². The van der Waals surface area contributed by atoms with Gasteiger partial charge in [0.25, 0.3) is 6.33 Å². The van der Waals surface area contributed by atoms with Crippen molar-refractivity contribution in [1.82, 2.24) is 14.1 Å². The molecule has 5 nitrogen and oxygen atoms in total. The zero-order valence-corrected chi connectivity index (χ0v) is 47.3. The van der Waals surface area contributed by atoms with Crippen molar-refractivity contribution in [3.63, 3.8) is 0 Å². The number of imidazole rings is 1. The van der Waals surface area contributed by atoms with Gasteiger partial charge in [-0.05, 0) is 113 Å². The van der Waals surface area contributed by atoms with Crippen molar-refractivity contribution in [3.05, 3.63) is 223 Å². The van der Waals surface area contributed by atoms with Crippen LogP contribution in [0, 0.1) is 18.5 Å². The van der Waals surface area contributed by atoms with Crippen LogP contribution in [-0.4, -0.2) is 14.1 Å². The molecule has 0 spiro atoms. The van der Waals surface area contributed by atoms with E-state index in [1.807, 2.05) is 86.1 Å². The van der Waals surface area contributed by atoms with E-state index in [9.17, 15) is 5.48 Å². The van der Waals surface area contributed by atoms with E-state index >= 15 is 0 Å². The van der Waals surface area contributed by atoms with E-state index in [2.05, 4.69) is 128 Å². The van der Waals surface area contributed by atoms with Crippen molar-refractivity contribution in [2.45, 2.75) is 105 Å². The summed E-state index contributed by atoms with van der Waals surface area (Å²) in [4.78, 5) is 4.86. The van der Waals surface area contributed by atoms with E-state index in [4.69, 9.17) is 17.9 Å². The van der Waals surface area contributed by atoms with Crippen molar-refractivity contribution in [1.29, 1.82) is 0 Å². The van der Waals surface area contributed by atoms with Gasteiger partial charge in [-0.15, -0.1) is 29.7 Å². The molecule has 76 heavy (non-hydrogen) atoms. The van der Waals surface area contributed by atoms with Gasteiger partial charge in [0, 0.05) is 44.3 Å². The van der Waals surface area contributed by atoms with Crippen LogP contribution < -0.4 is 9.30 Å². The van der Waals surface area contributed by atoms with Crippen LogP contribution in [0.4, 0.5) is 0 Å². The van der Waals surface area contributed by atoms with Crippen LogP contribution in [-0.2, 0) is 42.7 Å². The Morgan fingerprint density at radius 3 is 1.71 bits per heavy atom. The van der Waals surface area contributed by atoms with Crippen molar-refractivity contribution >= 4 is 32.8 Å². The van der Waals surface area contributed by atoms with Crippen molar-refractivity contribution in [3.8, 4) is 62.1 Å². The molecule has 0 aliphatic heterocycles. The first-order valence-corrected chi connectivity index (χ1v) is 25.5. The van der Waals surface area contributed by atoms with E-state index < -0.39 is 65.8 Å². The van der Waals surface area contributed by atoms with Crippen LogP contribution in [0.2, 0.25) is 0 Å². The molecule has 0 amide bonds. The number of para-hydroxylation sites is 1. The molecule has 6 heteroatoms. The number of fused-ring (bicyclic) bond motifs is 4. The van der Waals surface area contributed by atoms with Gasteiger partial charge in [-0.1, -0.05) is 210 Å². The molecule has 11 rings (SSSR count). The number of benzene rings is 8. The maximum atomic E-state index is 9.46. The van der Waals surface area contributed by atoms with Gasteiger partial charge in [-0.2, -0.15) is 18.2 Å². The average Bonchev–Trinajstić information content (AvgIpc) is 1.41. The summed E-state index contributed by atoms with van der Waals surface area (Å²) < 4.78 is 103. The number of pyridine rings is 1. The fraction of sp³-hybridized carbons (Fsp3) is 0.229. The van der Waals surface area contributed by atoms with Crippen molar-refractivity contribution < 1.29 is 44.1 Å². The summed E-state index contributed by atoms with van der Waals surface area (Å²) in [5.41, 5.74) is 8.27. The minimum Gasteiger partial charge on any atom is -0.510 e. The quantitative estimate of drug-likeness (QED) is 0.112. The third kappa shape index (κ3) is 9.99. The van der Waals surface area contributed by atoms with Crippen LogP contribution >= 0.6 is 0 Å². The molecule has 0 atom stereocenters. The summed E-state index contributed by atoms with van der Waals surface area (Å²) in [5, 5.41) is 2.01. The Morgan fingerprint density at radius 1 is 0.500 bits per heavy atom. The van der Waals surface area contributed by atoms with Crippen LogP contribution in [0.3, 0.4) is 0 Å². The summed E-state index contributed by atoms with van der Waals surface area (Å²) >= 11 is 0. The molecule has 0 radical (unpaired) electrons. The summed E-state index contributed by atoms with van der Waals surface area (Å²) in [6, 6.07) is 39.8. The number of hydrogen-bond donors (Lipinski definition) is 0. The van der Waals surface area contributed by atoms with Crippen molar-refractivity contribution in [2.75, 3.05) is 0 Å². The third-order valence-electron chi connectivity index (χ3n) is 14.0. The predicted octanol–water partition coefficient (Wildman–Crippen LogP) is 17.8. The maximum absolute atomic E-state index is 9.46. The molecular formula is C70H66N4OPt-2. The Labute approximate surface area is 478 Å². The van der Waals surface area contributed by atoms with E-state index in [-0.39, 0.29) is 65.3 Å². The van der Waals surface area contributed by atoms with Gasteiger partial charge in [-0.25, -0.2) is 4.98 Å². The fourth-order valence-electron chi connectivity index (χ4n) is 9.68. The molecule has 0 aliphatic rings. The first kappa shape index (κ1) is 40.9. The summed E-state index contributed by atoms with van der Waals surface area (Å²) in [6.45, 7) is 25.6. The zero-order chi connectivity index (χ0) is 61.3. The minimum absolute atomic E-state index is 0. The number of aromatic nitrogens is 4. The number of nitrogens with zero attached hydrogens (tertiary/aromatic N) is 4. The van der Waals surface area contributed by atoms with E-state index in [0.29, 0.717) is 33.8 Å². The fourth-order valence-corrected chi connectivity index (χ4v) is 9.68. The Hall–Kier alpha value is -7.33. The number of hydrogen-bond acceptors (Lipinski definition) is 2. The van der Waals surface area contributed by atoms with Crippen LogP contribution in [0.5, 0.6) is 11.5 Å². The molecular weight excluding hydrogens is 1110 g/mol. The van der Waals surface area contributed by atoms with Crippen LogP contribution in [0.1, 0.15) is 119 Å². The smallest absolute Gasteiger partial charge is 0.268 e. The molecule has 0 unspecified atom stereocenters. The molecule has 0 fully saturated rings. The minimum atomic E-state index is -0.671. The predicted molar refractivity (Wildman–Crippen MR) is 311 cm³/mol. The van der Waals surface area contributed by atoms with Gasteiger partial charge in [-0.3, -0.25) is 4.57 Å². The van der Waals surface area contributed by atoms with Crippen molar-refractivity contribution in [2.24, 2.45) is 0 Å². The third-order valence-corrected chi connectivity index (χ3v) is 14.0. The van der Waals surface area contributed by atoms with Gasteiger partial charge >= 0.3 is 0 Å². The molecule has 0 aliphatic carbocycles. The Kier molecular flexibility index (Phi) is 10.6. The first-order chi connectivity index (χ1) is 39.8. The topological polar surface area (TPSA) is 35.9 Å². The second-order valence-electron chi connectivity index (χ2n) is 23.5. The second-order valence-corrected chi connectivity index (χ2v) is 23.5. The normalized spacial score (nSPS) is 14.2. The number of rotatable bonds is 8. The van der Waals surface area contributed by atoms with E-state index in [1.165, 1.54) is 0 Å². The molecule has 3 aromatic heterocycles. The Bertz CT molecular complexity index is 4390. The Balaban J connectivity index is 0.00000820. The van der Waals surface area contributed by atoms with E-state index in [1.54, 1.807) is 22.8 Å². The summed E-state index contributed by atoms with van der Waals surface area (Å²) in [5.74, 6) is 1.53. The molecule has 3 heterocycles. The number of ether oxygens (including phenoxy) is 1. The second kappa shape index (κ2) is 19.7. The van der Waals surface area contributed by atoms with Gasteiger partial charge < -0.3 is 13.9 Å². The molecule has 0 saturated heterocycles. The monoisotopic (exact) mass is 1180 g/mol. The molecule has 0 saturated carbocycles. The van der Waals surface area contributed by atoms with Crippen LogP contribution in [0.15, 0.2) is 182 Å². The SMILES string of the molecule is [2H]c1c([2H])c([2H])c(-c2cc(C(C)(C)C)cc(-c3c([2H])c([2H])c([2H])c([2H])c3[2H])c2-[n+]2[c-]n(-c3[c-]c(Oc4[c-]c5c(cc4)c4ccccc4n5-c4cc(C(C)(C)C)ccn4)ccc3)c3cc(-c4cc(C(C)(C)C)cc(C(C)(C)C)c4)ccc32)c([2H])c1[2H].[Pt]. The van der Waals surface area contributed by atoms with Gasteiger partial charge in [0.05, 0.1) is 30.4 Å². The van der Waals surface area contributed by atoms with Gasteiger partial charge in [0.15, 0.2) is 0 Å².